The Kier molecular flexibility index (Phi) is 8.90. The van der Waals surface area contributed by atoms with Crippen LogP contribution >= 0.6 is 11.6 Å². The molecule has 4 N–H and O–H groups in total. The average molecular weight is 743 g/mol. The van der Waals surface area contributed by atoms with Crippen molar-refractivity contribution in [2.24, 2.45) is 14.1 Å². The molecule has 2 unspecified atom stereocenters. The van der Waals surface area contributed by atoms with E-state index in [-0.39, 0.29) is 35.6 Å². The summed E-state index contributed by atoms with van der Waals surface area (Å²) < 4.78 is 11.1. The lowest BCUT2D eigenvalue weighted by molar-refractivity contribution is -0.134. The smallest absolute Gasteiger partial charge is 0.328 e. The monoisotopic (exact) mass is 742 g/mol. The Bertz CT molecular complexity index is 2290. The van der Waals surface area contributed by atoms with Gasteiger partial charge in [0.1, 0.15) is 5.02 Å². The van der Waals surface area contributed by atoms with Crippen LogP contribution in [0.15, 0.2) is 47.4 Å². The molecule has 278 valence electrons. The zero-order chi connectivity index (χ0) is 37.2. The second-order valence-corrected chi connectivity index (χ2v) is 15.5. The van der Waals surface area contributed by atoms with E-state index in [9.17, 15) is 19.5 Å². The summed E-state index contributed by atoms with van der Waals surface area (Å²) in [5.74, 6) is 0.0309. The number of carbonyl (C=O) groups is 2. The quantitative estimate of drug-likeness (QED) is 0.161. The zero-order valence-corrected chi connectivity index (χ0v) is 30.9. The van der Waals surface area contributed by atoms with Crippen LogP contribution in [0.3, 0.4) is 0 Å². The predicted molar refractivity (Wildman–Crippen MR) is 202 cm³/mol. The SMILES string of the molecule is Cn1nc(C2CCC(=O)NC2=O)c2ccc(NC3C[C@H]4COC[C@@H](C3)N4c3ncc(Cl)c(Nc4ccc5c(c4)n(CCC(C)(C)O)c(=O)n5C)n3)cc21. The molecule has 0 spiro atoms. The largest absolute Gasteiger partial charge is 0.390 e. The molecule has 2 amide bonds. The number of benzene rings is 2. The van der Waals surface area contributed by atoms with E-state index in [0.29, 0.717) is 67.2 Å². The summed E-state index contributed by atoms with van der Waals surface area (Å²) in [4.78, 5) is 49.2. The van der Waals surface area contributed by atoms with Gasteiger partial charge in [-0.25, -0.2) is 9.78 Å². The Hall–Kier alpha value is -4.99. The zero-order valence-electron chi connectivity index (χ0n) is 30.1. The van der Waals surface area contributed by atoms with Gasteiger partial charge in [-0.2, -0.15) is 10.1 Å². The molecule has 0 radical (unpaired) electrons. The molecular weight excluding hydrogens is 700 g/mol. The van der Waals surface area contributed by atoms with Crippen molar-refractivity contribution < 1.29 is 19.4 Å². The molecule has 0 saturated carbocycles. The topological polar surface area (TPSA) is 173 Å². The van der Waals surface area contributed by atoms with E-state index < -0.39 is 11.5 Å². The highest BCUT2D eigenvalue weighted by atomic mass is 35.5. The molecule has 3 aliphatic heterocycles. The fourth-order valence-electron chi connectivity index (χ4n) is 7.98. The van der Waals surface area contributed by atoms with E-state index in [1.807, 2.05) is 37.4 Å². The molecule has 3 fully saturated rings. The minimum Gasteiger partial charge on any atom is -0.390 e. The highest BCUT2D eigenvalue weighted by Gasteiger charge is 2.41. The highest BCUT2D eigenvalue weighted by molar-refractivity contribution is 6.33. The molecule has 0 aliphatic carbocycles. The first-order chi connectivity index (χ1) is 25.3. The van der Waals surface area contributed by atoms with Gasteiger partial charge < -0.3 is 25.4 Å². The fraction of sp³-hybridized carbons (Fsp3) is 0.459. The molecule has 6 heterocycles. The summed E-state index contributed by atoms with van der Waals surface area (Å²) in [6.07, 6.45) is 4.38. The molecule has 3 saturated heterocycles. The standard InChI is InChI=1S/C37H43ClN10O5/c1-37(2,52)11-12-47-30-16-21(6-9-28(30)45(3)36(47)51)41-33-27(38)17-39-35(43-33)48-23-13-22(14-24(48)19-53-18-23)40-20-5-7-25-29(15-20)46(4)44-32(25)26-8-10-31(49)42-34(26)50/h5-7,9,15-17,22-24,26,40,52H,8,10-14,18-19H2,1-4H3,(H,39,41,43)(H,42,49,50)/t22?,23-,24+,26?. The average Bonchev–Trinajstić information content (AvgIpc) is 3.55. The van der Waals surface area contributed by atoms with Gasteiger partial charge in [-0.3, -0.25) is 28.7 Å². The number of amides is 2. The number of nitrogens with one attached hydrogen (secondary N) is 3. The minimum absolute atomic E-state index is 0.0273. The second kappa shape index (κ2) is 13.5. The van der Waals surface area contributed by atoms with Crippen LogP contribution in [0.1, 0.15) is 57.6 Å². The number of hydrogen-bond donors (Lipinski definition) is 4. The molecule has 3 aromatic heterocycles. The Morgan fingerprint density at radius 3 is 2.49 bits per heavy atom. The maximum absolute atomic E-state index is 13.0. The number of carbonyl (C=O) groups excluding carboxylic acids is 2. The number of fused-ring (bicyclic) bond motifs is 4. The fourth-order valence-corrected chi connectivity index (χ4v) is 8.12. The van der Waals surface area contributed by atoms with Crippen molar-refractivity contribution in [1.29, 1.82) is 0 Å². The normalized spacial score (nSPS) is 22.0. The molecule has 4 atom stereocenters. The summed E-state index contributed by atoms with van der Waals surface area (Å²) in [5, 5.41) is 25.8. The first-order valence-electron chi connectivity index (χ1n) is 18.0. The maximum Gasteiger partial charge on any atom is 0.328 e. The van der Waals surface area contributed by atoms with E-state index in [1.165, 1.54) is 0 Å². The van der Waals surface area contributed by atoms with E-state index in [4.69, 9.17) is 21.3 Å². The van der Waals surface area contributed by atoms with Crippen LogP contribution in [0.5, 0.6) is 0 Å². The Morgan fingerprint density at radius 1 is 1.02 bits per heavy atom. The van der Waals surface area contributed by atoms with Gasteiger partial charge in [0.15, 0.2) is 5.82 Å². The van der Waals surface area contributed by atoms with Crippen molar-refractivity contribution in [3.63, 3.8) is 0 Å². The lowest BCUT2D eigenvalue weighted by Crippen LogP contribution is -2.60. The molecule has 15 nitrogen and oxygen atoms in total. The molecular formula is C37H43ClN10O5. The van der Waals surface area contributed by atoms with Gasteiger partial charge in [0.05, 0.1) is 65.3 Å². The number of morpholine rings is 1. The maximum atomic E-state index is 13.0. The summed E-state index contributed by atoms with van der Waals surface area (Å²) in [7, 11) is 3.61. The van der Waals surface area contributed by atoms with E-state index in [1.54, 1.807) is 40.9 Å². The van der Waals surface area contributed by atoms with Gasteiger partial charge in [-0.05, 0) is 75.9 Å². The van der Waals surface area contributed by atoms with Crippen LogP contribution in [0.4, 0.5) is 23.1 Å². The van der Waals surface area contributed by atoms with Crippen molar-refractivity contribution in [2.75, 3.05) is 28.7 Å². The van der Waals surface area contributed by atoms with Crippen LogP contribution in [-0.2, 0) is 35.0 Å². The second-order valence-electron chi connectivity index (χ2n) is 15.1. The number of halogens is 1. The lowest BCUT2D eigenvalue weighted by atomic mass is 9.90. The number of imide groups is 1. The third kappa shape index (κ3) is 6.72. The van der Waals surface area contributed by atoms with Gasteiger partial charge >= 0.3 is 5.69 Å². The van der Waals surface area contributed by atoms with Gasteiger partial charge in [0.2, 0.25) is 17.8 Å². The summed E-state index contributed by atoms with van der Waals surface area (Å²) in [5.41, 5.74) is 3.76. The number of nitrogens with zero attached hydrogens (tertiary/aromatic N) is 7. The molecule has 2 bridgehead atoms. The number of ether oxygens (including phenoxy) is 1. The van der Waals surface area contributed by atoms with Crippen LogP contribution in [0.2, 0.25) is 5.02 Å². The minimum atomic E-state index is -0.907. The van der Waals surface area contributed by atoms with Gasteiger partial charge in [-0.1, -0.05) is 11.6 Å². The number of rotatable bonds is 9. The van der Waals surface area contributed by atoms with Crippen molar-refractivity contribution in [2.45, 2.75) is 82.1 Å². The van der Waals surface area contributed by atoms with Crippen molar-refractivity contribution >= 4 is 68.5 Å². The van der Waals surface area contributed by atoms with Crippen molar-refractivity contribution in [3.8, 4) is 0 Å². The van der Waals surface area contributed by atoms with Gasteiger partial charge in [0.25, 0.3) is 0 Å². The third-order valence-corrected chi connectivity index (χ3v) is 10.9. The number of anilines is 4. The Labute approximate surface area is 310 Å². The molecule has 3 aliphatic rings. The molecule has 5 aromatic rings. The number of hydrogen-bond acceptors (Lipinski definition) is 11. The number of aryl methyl sites for hydroxylation is 3. The first-order valence-corrected chi connectivity index (χ1v) is 18.3. The predicted octanol–water partition coefficient (Wildman–Crippen LogP) is 3.94. The number of piperidine rings is 2. The first kappa shape index (κ1) is 35.1. The van der Waals surface area contributed by atoms with E-state index >= 15 is 0 Å². The van der Waals surface area contributed by atoms with Crippen LogP contribution in [0, 0.1) is 0 Å². The Balaban J connectivity index is 0.994. The number of aromatic nitrogens is 6. The lowest BCUT2D eigenvalue weighted by Gasteiger charge is -2.48. The van der Waals surface area contributed by atoms with Crippen LogP contribution in [0.25, 0.3) is 21.9 Å². The molecule has 53 heavy (non-hydrogen) atoms. The summed E-state index contributed by atoms with van der Waals surface area (Å²) in [6, 6.07) is 12.0. The summed E-state index contributed by atoms with van der Waals surface area (Å²) >= 11 is 6.64. The molecule has 8 rings (SSSR count). The van der Waals surface area contributed by atoms with E-state index in [2.05, 4.69) is 37.0 Å². The molecule has 16 heteroatoms. The van der Waals surface area contributed by atoms with Crippen molar-refractivity contribution in [3.05, 3.63) is 63.8 Å². The Morgan fingerprint density at radius 2 is 1.75 bits per heavy atom. The summed E-state index contributed by atoms with van der Waals surface area (Å²) in [6.45, 7) is 4.91. The number of imidazole rings is 1. The third-order valence-electron chi connectivity index (χ3n) is 10.7. The number of aliphatic hydroxyl groups is 1. The molecule has 2 aromatic carbocycles. The highest BCUT2D eigenvalue weighted by Crippen LogP contribution is 2.36. The van der Waals surface area contributed by atoms with Crippen molar-refractivity contribution in [1.82, 2.24) is 34.2 Å². The van der Waals surface area contributed by atoms with Gasteiger partial charge in [0, 0.05) is 49.9 Å². The van der Waals surface area contributed by atoms with Crippen LogP contribution < -0.4 is 26.5 Å². The van der Waals surface area contributed by atoms with E-state index in [0.717, 1.165) is 40.5 Å². The van der Waals surface area contributed by atoms with Gasteiger partial charge in [-0.15, -0.1) is 0 Å². The van der Waals surface area contributed by atoms with Crippen LogP contribution in [-0.4, -0.2) is 82.7 Å².